The second kappa shape index (κ2) is 9.28. The highest BCUT2D eigenvalue weighted by molar-refractivity contribution is 9.10. The summed E-state index contributed by atoms with van der Waals surface area (Å²) in [5.74, 6) is 0.814. The highest BCUT2D eigenvalue weighted by Gasteiger charge is 2.08. The lowest BCUT2D eigenvalue weighted by Gasteiger charge is -2.06. The number of aryl methyl sites for hydroxylation is 2. The van der Waals surface area contributed by atoms with E-state index in [9.17, 15) is 4.79 Å². The normalized spacial score (nSPS) is 10.9. The number of benzene rings is 1. The van der Waals surface area contributed by atoms with Crippen LogP contribution >= 0.6 is 27.7 Å². The number of hydrogen-bond donors (Lipinski definition) is 0. The fourth-order valence-electron chi connectivity index (χ4n) is 2.30. The summed E-state index contributed by atoms with van der Waals surface area (Å²) in [5, 5.41) is 0.747. The van der Waals surface area contributed by atoms with Gasteiger partial charge < -0.3 is 4.57 Å². The van der Waals surface area contributed by atoms with Gasteiger partial charge in [-0.05, 0) is 39.9 Å². The summed E-state index contributed by atoms with van der Waals surface area (Å²) in [6.45, 7) is 2.24. The van der Waals surface area contributed by atoms with Crippen LogP contribution in [0.25, 0.3) is 0 Å². The molecule has 5 heteroatoms. The van der Waals surface area contributed by atoms with Gasteiger partial charge in [-0.3, -0.25) is 4.79 Å². The quantitative estimate of drug-likeness (QED) is 0.360. The lowest BCUT2D eigenvalue weighted by atomic mass is 10.1. The molecule has 0 aliphatic rings. The van der Waals surface area contributed by atoms with Gasteiger partial charge in [0, 0.05) is 12.8 Å². The van der Waals surface area contributed by atoms with Crippen molar-refractivity contribution < 1.29 is 0 Å². The largest absolute Gasteiger partial charge is 0.301 e. The van der Waals surface area contributed by atoms with Crippen molar-refractivity contribution in [2.24, 2.45) is 7.05 Å². The fourth-order valence-corrected chi connectivity index (χ4v) is 3.86. The first-order valence-electron chi connectivity index (χ1n) is 8.03. The molecule has 23 heavy (non-hydrogen) atoms. The summed E-state index contributed by atoms with van der Waals surface area (Å²) < 4.78 is 2.02. The topological polar surface area (TPSA) is 34.9 Å². The molecule has 0 N–H and O–H groups in total. The van der Waals surface area contributed by atoms with Crippen molar-refractivity contribution in [3.63, 3.8) is 0 Å². The molecule has 0 radical (unpaired) electrons. The maximum Gasteiger partial charge on any atom is 0.268 e. The zero-order valence-corrected chi connectivity index (χ0v) is 16.1. The Labute approximate surface area is 150 Å². The van der Waals surface area contributed by atoms with Gasteiger partial charge in [0.1, 0.15) is 9.50 Å². The Kier molecular flexibility index (Phi) is 7.37. The molecule has 1 aromatic heterocycles. The van der Waals surface area contributed by atoms with Crippen molar-refractivity contribution in [1.29, 1.82) is 0 Å². The van der Waals surface area contributed by atoms with E-state index < -0.39 is 0 Å². The monoisotopic (exact) mass is 394 g/mol. The molecule has 1 aromatic carbocycles. The van der Waals surface area contributed by atoms with Gasteiger partial charge in [0.05, 0.1) is 6.33 Å². The second-order valence-electron chi connectivity index (χ2n) is 5.70. The summed E-state index contributed by atoms with van der Waals surface area (Å²) in [4.78, 5) is 16.2. The van der Waals surface area contributed by atoms with E-state index in [4.69, 9.17) is 0 Å². The molecule has 2 rings (SSSR count). The molecule has 3 nitrogen and oxygen atoms in total. The molecule has 0 spiro atoms. The molecule has 0 fully saturated rings. The average molecular weight is 395 g/mol. The maximum atomic E-state index is 11.9. The van der Waals surface area contributed by atoms with Gasteiger partial charge >= 0.3 is 0 Å². The van der Waals surface area contributed by atoms with E-state index in [1.807, 2.05) is 0 Å². The van der Waals surface area contributed by atoms with Crippen LogP contribution in [0.4, 0.5) is 0 Å². The standard InChI is InChI=1S/C18H23BrN2OS/c1-3-4-5-6-7-14-8-10-15(11-9-14)12-23-17-16(19)18(22)21(2)13-20-17/h8-11,13H,3-7,12H2,1-2H3. The van der Waals surface area contributed by atoms with Crippen molar-refractivity contribution in [3.8, 4) is 0 Å². The van der Waals surface area contributed by atoms with Crippen LogP contribution in [0.2, 0.25) is 0 Å². The van der Waals surface area contributed by atoms with Gasteiger partial charge in [0.15, 0.2) is 0 Å². The van der Waals surface area contributed by atoms with Crippen LogP contribution in [0, 0.1) is 0 Å². The van der Waals surface area contributed by atoms with E-state index in [0.717, 1.165) is 17.2 Å². The van der Waals surface area contributed by atoms with Crippen LogP contribution in [-0.2, 0) is 19.2 Å². The number of aromatic nitrogens is 2. The predicted molar refractivity (Wildman–Crippen MR) is 101 cm³/mol. The van der Waals surface area contributed by atoms with E-state index >= 15 is 0 Å². The van der Waals surface area contributed by atoms with Gasteiger partial charge in [-0.2, -0.15) is 0 Å². The summed E-state index contributed by atoms with van der Waals surface area (Å²) >= 11 is 4.92. The van der Waals surface area contributed by atoms with Crippen molar-refractivity contribution in [2.45, 2.75) is 49.8 Å². The molecular weight excluding hydrogens is 372 g/mol. The van der Waals surface area contributed by atoms with E-state index in [0.29, 0.717) is 4.47 Å². The van der Waals surface area contributed by atoms with E-state index in [2.05, 4.69) is 52.1 Å². The Morgan fingerprint density at radius 1 is 1.13 bits per heavy atom. The van der Waals surface area contributed by atoms with Crippen LogP contribution in [0.5, 0.6) is 0 Å². The van der Waals surface area contributed by atoms with Crippen molar-refractivity contribution >= 4 is 27.7 Å². The molecule has 2 aromatic rings. The third-order valence-corrected chi connectivity index (χ3v) is 5.80. The molecule has 1 heterocycles. The third-order valence-electron chi connectivity index (χ3n) is 3.76. The lowest BCUT2D eigenvalue weighted by Crippen LogP contribution is -2.18. The molecule has 0 atom stereocenters. The Morgan fingerprint density at radius 3 is 2.52 bits per heavy atom. The van der Waals surface area contributed by atoms with E-state index in [-0.39, 0.29) is 5.56 Å². The molecular formula is C18H23BrN2OS. The number of unbranched alkanes of at least 4 members (excludes halogenated alkanes) is 3. The molecule has 0 saturated carbocycles. The molecule has 0 unspecified atom stereocenters. The second-order valence-corrected chi connectivity index (χ2v) is 7.45. The van der Waals surface area contributed by atoms with Gasteiger partial charge in [0.25, 0.3) is 5.56 Å². The van der Waals surface area contributed by atoms with E-state index in [1.54, 1.807) is 25.1 Å². The minimum atomic E-state index is -0.0510. The predicted octanol–water partition coefficient (Wildman–Crippen LogP) is 4.96. The third kappa shape index (κ3) is 5.50. The van der Waals surface area contributed by atoms with Crippen LogP contribution in [0.1, 0.15) is 43.7 Å². The minimum Gasteiger partial charge on any atom is -0.301 e. The average Bonchev–Trinajstić information content (AvgIpc) is 2.57. The lowest BCUT2D eigenvalue weighted by molar-refractivity contribution is 0.667. The maximum absolute atomic E-state index is 11.9. The summed E-state index contributed by atoms with van der Waals surface area (Å²) in [7, 11) is 1.70. The number of halogens is 1. The first-order chi connectivity index (χ1) is 11.1. The first-order valence-corrected chi connectivity index (χ1v) is 9.81. The highest BCUT2D eigenvalue weighted by atomic mass is 79.9. The van der Waals surface area contributed by atoms with Crippen LogP contribution in [0.15, 0.2) is 44.9 Å². The zero-order chi connectivity index (χ0) is 16.7. The van der Waals surface area contributed by atoms with Gasteiger partial charge in [-0.1, -0.05) is 50.5 Å². The van der Waals surface area contributed by atoms with Crippen LogP contribution in [-0.4, -0.2) is 9.55 Å². The molecule has 0 saturated heterocycles. The van der Waals surface area contributed by atoms with Crippen molar-refractivity contribution in [2.75, 3.05) is 0 Å². The van der Waals surface area contributed by atoms with E-state index in [1.165, 1.54) is 41.4 Å². The summed E-state index contributed by atoms with van der Waals surface area (Å²) in [5.41, 5.74) is 2.61. The summed E-state index contributed by atoms with van der Waals surface area (Å²) in [6.07, 6.45) is 7.92. The Bertz CT molecular complexity index is 682. The van der Waals surface area contributed by atoms with Crippen LogP contribution < -0.4 is 5.56 Å². The molecule has 0 aliphatic carbocycles. The molecule has 0 bridgehead atoms. The molecule has 124 valence electrons. The van der Waals surface area contributed by atoms with Gasteiger partial charge in [0.2, 0.25) is 0 Å². The Morgan fingerprint density at radius 2 is 1.83 bits per heavy atom. The van der Waals surface area contributed by atoms with Crippen molar-refractivity contribution in [3.05, 3.63) is 56.5 Å². The fraction of sp³-hybridized carbons (Fsp3) is 0.444. The Hall–Kier alpha value is -1.07. The molecule has 0 amide bonds. The smallest absolute Gasteiger partial charge is 0.268 e. The number of nitrogens with zero attached hydrogens (tertiary/aromatic N) is 2. The molecule has 0 aliphatic heterocycles. The number of thioether (sulfide) groups is 1. The van der Waals surface area contributed by atoms with Crippen molar-refractivity contribution in [1.82, 2.24) is 9.55 Å². The minimum absolute atomic E-state index is 0.0510. The van der Waals surface area contributed by atoms with Crippen LogP contribution in [0.3, 0.4) is 0 Å². The SMILES string of the molecule is CCCCCCc1ccc(CSc2ncn(C)c(=O)c2Br)cc1. The number of rotatable bonds is 8. The highest BCUT2D eigenvalue weighted by Crippen LogP contribution is 2.25. The number of hydrogen-bond acceptors (Lipinski definition) is 3. The van der Waals surface area contributed by atoms with Gasteiger partial charge in [-0.15, -0.1) is 11.8 Å². The zero-order valence-electron chi connectivity index (χ0n) is 13.7. The summed E-state index contributed by atoms with van der Waals surface area (Å²) in [6, 6.07) is 8.79. The first kappa shape index (κ1) is 18.3. The Balaban J connectivity index is 1.89. The van der Waals surface area contributed by atoms with Gasteiger partial charge in [-0.25, -0.2) is 4.98 Å².